The van der Waals surface area contributed by atoms with E-state index in [2.05, 4.69) is 20.7 Å². The monoisotopic (exact) mass is 369 g/mol. The van der Waals surface area contributed by atoms with Crippen LogP contribution in [-0.4, -0.2) is 15.5 Å². The van der Waals surface area contributed by atoms with Crippen molar-refractivity contribution in [3.05, 3.63) is 59.7 Å². The molecule has 0 aliphatic heterocycles. The average molecular weight is 370 g/mol. The van der Waals surface area contributed by atoms with Gasteiger partial charge in [0.2, 0.25) is 10.0 Å². The van der Waals surface area contributed by atoms with Crippen LogP contribution in [0.1, 0.15) is 11.1 Å². The first-order valence-electron chi connectivity index (χ1n) is 6.33. The Kier molecular flexibility index (Phi) is 5.39. The van der Waals surface area contributed by atoms with Gasteiger partial charge in [0.25, 0.3) is 0 Å². The Morgan fingerprint density at radius 3 is 2.38 bits per heavy atom. The van der Waals surface area contributed by atoms with E-state index in [1.807, 2.05) is 18.2 Å². The summed E-state index contributed by atoms with van der Waals surface area (Å²) in [4.78, 5) is 0.252. The van der Waals surface area contributed by atoms with E-state index in [9.17, 15) is 8.42 Å². The van der Waals surface area contributed by atoms with E-state index in [1.54, 1.807) is 37.4 Å². The molecular formula is C15H16BrNO3S. The number of hydrogen-bond acceptors (Lipinski definition) is 3. The maximum Gasteiger partial charge on any atom is 0.240 e. The zero-order chi connectivity index (χ0) is 15.3. The minimum absolute atomic E-state index is 0.187. The van der Waals surface area contributed by atoms with Gasteiger partial charge in [-0.2, -0.15) is 0 Å². The Morgan fingerprint density at radius 2 is 1.76 bits per heavy atom. The van der Waals surface area contributed by atoms with Crippen molar-refractivity contribution in [1.82, 2.24) is 4.72 Å². The fourth-order valence-electron chi connectivity index (χ4n) is 1.86. The van der Waals surface area contributed by atoms with Gasteiger partial charge in [-0.1, -0.05) is 46.3 Å². The second kappa shape index (κ2) is 7.06. The van der Waals surface area contributed by atoms with Crippen molar-refractivity contribution in [3.8, 4) is 5.75 Å². The lowest BCUT2D eigenvalue weighted by Gasteiger charge is -2.10. The lowest BCUT2D eigenvalue weighted by atomic mass is 10.2. The number of rotatable bonds is 6. The van der Waals surface area contributed by atoms with Crippen LogP contribution in [0.4, 0.5) is 0 Å². The highest BCUT2D eigenvalue weighted by Crippen LogP contribution is 2.18. The minimum atomic E-state index is -3.53. The van der Waals surface area contributed by atoms with Gasteiger partial charge in [0.1, 0.15) is 5.75 Å². The van der Waals surface area contributed by atoms with Crippen LogP contribution in [-0.2, 0) is 21.9 Å². The summed E-state index contributed by atoms with van der Waals surface area (Å²) in [6, 6.07) is 14.1. The van der Waals surface area contributed by atoms with E-state index >= 15 is 0 Å². The second-order valence-electron chi connectivity index (χ2n) is 4.41. The predicted molar refractivity (Wildman–Crippen MR) is 86.1 cm³/mol. The number of methoxy groups -OCH3 is 1. The number of ether oxygens (including phenoxy) is 1. The van der Waals surface area contributed by atoms with Crippen molar-refractivity contribution in [3.63, 3.8) is 0 Å². The second-order valence-corrected chi connectivity index (χ2v) is 6.74. The van der Waals surface area contributed by atoms with Gasteiger partial charge in [0.15, 0.2) is 0 Å². The summed E-state index contributed by atoms with van der Waals surface area (Å²) in [6.45, 7) is 0.187. The third-order valence-corrected chi connectivity index (χ3v) is 5.10. The Bertz CT molecular complexity index is 699. The Balaban J connectivity index is 2.13. The highest BCUT2D eigenvalue weighted by Gasteiger charge is 2.14. The SMILES string of the molecule is COc1ccccc1CNS(=O)(=O)c1ccc(CBr)cc1. The van der Waals surface area contributed by atoms with Crippen molar-refractivity contribution >= 4 is 26.0 Å². The standard InChI is InChI=1S/C15H16BrNO3S/c1-20-15-5-3-2-4-13(15)11-17-21(18,19)14-8-6-12(10-16)7-9-14/h2-9,17H,10-11H2,1H3. The first-order chi connectivity index (χ1) is 10.1. The molecule has 2 aromatic carbocycles. The van der Waals surface area contributed by atoms with Crippen molar-refractivity contribution in [2.24, 2.45) is 0 Å². The average Bonchev–Trinajstić information content (AvgIpc) is 2.53. The lowest BCUT2D eigenvalue weighted by Crippen LogP contribution is -2.23. The maximum atomic E-state index is 12.2. The number of sulfonamides is 1. The minimum Gasteiger partial charge on any atom is -0.496 e. The molecule has 0 aliphatic rings. The van der Waals surface area contributed by atoms with Crippen LogP contribution < -0.4 is 9.46 Å². The molecule has 0 bridgehead atoms. The van der Waals surface area contributed by atoms with E-state index < -0.39 is 10.0 Å². The van der Waals surface area contributed by atoms with Gasteiger partial charge in [0.05, 0.1) is 12.0 Å². The molecule has 2 rings (SSSR count). The maximum absolute atomic E-state index is 12.2. The molecule has 0 radical (unpaired) electrons. The molecule has 112 valence electrons. The van der Waals surface area contributed by atoms with Gasteiger partial charge in [-0.25, -0.2) is 13.1 Å². The molecule has 21 heavy (non-hydrogen) atoms. The summed E-state index contributed by atoms with van der Waals surface area (Å²) < 4.78 is 32.3. The first-order valence-corrected chi connectivity index (χ1v) is 8.94. The van der Waals surface area contributed by atoms with Crippen LogP contribution in [0.15, 0.2) is 53.4 Å². The molecule has 1 N–H and O–H groups in total. The third-order valence-electron chi connectivity index (χ3n) is 3.03. The Morgan fingerprint density at radius 1 is 1.10 bits per heavy atom. The van der Waals surface area contributed by atoms with E-state index in [-0.39, 0.29) is 11.4 Å². The number of benzene rings is 2. The zero-order valence-corrected chi connectivity index (χ0v) is 13.9. The zero-order valence-electron chi connectivity index (χ0n) is 11.5. The number of halogens is 1. The van der Waals surface area contributed by atoms with E-state index in [4.69, 9.17) is 4.74 Å². The molecule has 2 aromatic rings. The number of nitrogens with one attached hydrogen (secondary N) is 1. The molecule has 0 aliphatic carbocycles. The van der Waals surface area contributed by atoms with Gasteiger partial charge in [0, 0.05) is 17.4 Å². The van der Waals surface area contributed by atoms with Crippen LogP contribution in [0.3, 0.4) is 0 Å². The fraction of sp³-hybridized carbons (Fsp3) is 0.200. The Hall–Kier alpha value is -1.37. The van der Waals surface area contributed by atoms with Crippen molar-refractivity contribution in [1.29, 1.82) is 0 Å². The summed E-state index contributed by atoms with van der Waals surface area (Å²) >= 11 is 3.33. The van der Waals surface area contributed by atoms with Gasteiger partial charge >= 0.3 is 0 Å². The fourth-order valence-corrected chi connectivity index (χ4v) is 3.24. The summed E-state index contributed by atoms with van der Waals surface area (Å²) in [6.07, 6.45) is 0. The van der Waals surface area contributed by atoms with Gasteiger partial charge in [-0.15, -0.1) is 0 Å². The van der Waals surface area contributed by atoms with Crippen LogP contribution in [0.25, 0.3) is 0 Å². The van der Waals surface area contributed by atoms with E-state index in [0.717, 1.165) is 11.1 Å². The highest BCUT2D eigenvalue weighted by molar-refractivity contribution is 9.08. The Labute approximate surface area is 133 Å². The van der Waals surface area contributed by atoms with Gasteiger partial charge in [-0.3, -0.25) is 0 Å². The summed E-state index contributed by atoms with van der Waals surface area (Å²) in [5.74, 6) is 0.662. The third kappa shape index (κ3) is 4.06. The normalized spacial score (nSPS) is 11.3. The van der Waals surface area contributed by atoms with Gasteiger partial charge < -0.3 is 4.74 Å². The quantitative estimate of drug-likeness (QED) is 0.796. The highest BCUT2D eigenvalue weighted by atomic mass is 79.9. The summed E-state index contributed by atoms with van der Waals surface area (Å²) in [5.41, 5.74) is 1.82. The molecule has 0 atom stereocenters. The predicted octanol–water partition coefficient (Wildman–Crippen LogP) is 3.07. The van der Waals surface area contributed by atoms with Crippen LogP contribution in [0.5, 0.6) is 5.75 Å². The van der Waals surface area contributed by atoms with Crippen molar-refractivity contribution in [2.75, 3.05) is 7.11 Å². The molecule has 0 unspecified atom stereocenters. The lowest BCUT2D eigenvalue weighted by molar-refractivity contribution is 0.409. The molecular weight excluding hydrogens is 354 g/mol. The summed E-state index contributed by atoms with van der Waals surface area (Å²) in [7, 11) is -1.97. The van der Waals surface area contributed by atoms with Crippen LogP contribution >= 0.6 is 15.9 Å². The number of hydrogen-bond donors (Lipinski definition) is 1. The topological polar surface area (TPSA) is 55.4 Å². The molecule has 0 amide bonds. The van der Waals surface area contributed by atoms with E-state index in [1.165, 1.54) is 0 Å². The first kappa shape index (κ1) is 16.0. The molecule has 0 spiro atoms. The van der Waals surface area contributed by atoms with Crippen LogP contribution in [0.2, 0.25) is 0 Å². The molecule has 6 heteroatoms. The molecule has 0 saturated heterocycles. The molecule has 4 nitrogen and oxygen atoms in total. The van der Waals surface area contributed by atoms with Gasteiger partial charge in [-0.05, 0) is 23.8 Å². The van der Waals surface area contributed by atoms with Crippen LogP contribution in [0, 0.1) is 0 Å². The molecule has 0 aromatic heterocycles. The van der Waals surface area contributed by atoms with Crippen molar-refractivity contribution in [2.45, 2.75) is 16.8 Å². The van der Waals surface area contributed by atoms with E-state index in [0.29, 0.717) is 11.1 Å². The number of alkyl halides is 1. The van der Waals surface area contributed by atoms with Crippen molar-refractivity contribution < 1.29 is 13.2 Å². The smallest absolute Gasteiger partial charge is 0.240 e. The molecule has 0 fully saturated rings. The molecule has 0 heterocycles. The largest absolute Gasteiger partial charge is 0.496 e. The summed E-state index contributed by atoms with van der Waals surface area (Å²) in [5, 5.41) is 0.696. The molecule has 0 saturated carbocycles. The number of para-hydroxylation sites is 1.